The van der Waals surface area contributed by atoms with Crippen molar-refractivity contribution in [3.05, 3.63) is 0 Å². The average Bonchev–Trinajstić information content (AvgIpc) is 2.04. The molecule has 0 saturated carbocycles. The van der Waals surface area contributed by atoms with Gasteiger partial charge in [-0.05, 0) is 11.8 Å². The van der Waals surface area contributed by atoms with E-state index in [2.05, 4.69) is 27.7 Å². The van der Waals surface area contributed by atoms with Crippen LogP contribution in [0.1, 0.15) is 27.7 Å². The van der Waals surface area contributed by atoms with Crippen LogP contribution in [0.15, 0.2) is 0 Å². The molecule has 13 heavy (non-hydrogen) atoms. The standard InChI is InChI=1S/C9H21O3P/c1-8(2)6-11-13(10-5)12-7-9(3)4/h8-9H,6-7H2,1-5H3. The van der Waals surface area contributed by atoms with Gasteiger partial charge in [0, 0.05) is 7.11 Å². The summed E-state index contributed by atoms with van der Waals surface area (Å²) in [6.07, 6.45) is 0. The first kappa shape index (κ1) is 13.3. The molecule has 0 atom stereocenters. The molecule has 0 radical (unpaired) electrons. The minimum absolute atomic E-state index is 0.516. The molecule has 0 aliphatic carbocycles. The Morgan fingerprint density at radius 3 is 1.54 bits per heavy atom. The Labute approximate surface area is 82.8 Å². The predicted molar refractivity (Wildman–Crippen MR) is 55.5 cm³/mol. The van der Waals surface area contributed by atoms with Gasteiger partial charge in [-0.25, -0.2) is 0 Å². The minimum Gasteiger partial charge on any atom is -0.316 e. The van der Waals surface area contributed by atoms with Gasteiger partial charge in [-0.1, -0.05) is 27.7 Å². The van der Waals surface area contributed by atoms with Crippen LogP contribution in [-0.2, 0) is 13.6 Å². The molecule has 0 saturated heterocycles. The lowest BCUT2D eigenvalue weighted by Crippen LogP contribution is -2.04. The molecule has 0 rings (SSSR count). The Morgan fingerprint density at radius 1 is 0.923 bits per heavy atom. The lowest BCUT2D eigenvalue weighted by Gasteiger charge is -2.16. The van der Waals surface area contributed by atoms with Crippen LogP contribution in [0.5, 0.6) is 0 Å². The van der Waals surface area contributed by atoms with E-state index in [-0.39, 0.29) is 0 Å². The quantitative estimate of drug-likeness (QED) is 0.601. The highest BCUT2D eigenvalue weighted by Gasteiger charge is 2.11. The third kappa shape index (κ3) is 8.63. The van der Waals surface area contributed by atoms with Gasteiger partial charge in [-0.2, -0.15) is 0 Å². The second kappa shape index (κ2) is 7.69. The number of hydrogen-bond donors (Lipinski definition) is 0. The maximum Gasteiger partial charge on any atom is 0.332 e. The van der Waals surface area contributed by atoms with Crippen molar-refractivity contribution in [1.82, 2.24) is 0 Å². The molecule has 0 fully saturated rings. The van der Waals surface area contributed by atoms with Crippen molar-refractivity contribution in [3.63, 3.8) is 0 Å². The summed E-state index contributed by atoms with van der Waals surface area (Å²) >= 11 is 0. The normalized spacial score (nSPS) is 12.0. The van der Waals surface area contributed by atoms with Crippen molar-refractivity contribution in [3.8, 4) is 0 Å². The predicted octanol–water partition coefficient (Wildman–Crippen LogP) is 3.20. The second-order valence-corrected chi connectivity index (χ2v) is 5.11. The maximum atomic E-state index is 5.42. The SMILES string of the molecule is COP(OCC(C)C)OCC(C)C. The van der Waals surface area contributed by atoms with Gasteiger partial charge in [0.05, 0.1) is 13.2 Å². The number of hydrogen-bond acceptors (Lipinski definition) is 3. The van der Waals surface area contributed by atoms with E-state index in [1.165, 1.54) is 0 Å². The topological polar surface area (TPSA) is 27.7 Å². The minimum atomic E-state index is -1.12. The fourth-order valence-corrected chi connectivity index (χ4v) is 1.69. The fourth-order valence-electron chi connectivity index (χ4n) is 0.563. The Morgan fingerprint density at radius 2 is 1.31 bits per heavy atom. The van der Waals surface area contributed by atoms with Crippen LogP contribution in [0.3, 0.4) is 0 Å². The van der Waals surface area contributed by atoms with Gasteiger partial charge in [-0.3, -0.25) is 0 Å². The van der Waals surface area contributed by atoms with Crippen molar-refractivity contribution >= 4 is 8.60 Å². The molecule has 80 valence electrons. The molecule has 0 spiro atoms. The van der Waals surface area contributed by atoms with Crippen molar-refractivity contribution in [2.75, 3.05) is 20.3 Å². The van der Waals surface area contributed by atoms with Crippen LogP contribution < -0.4 is 0 Å². The summed E-state index contributed by atoms with van der Waals surface area (Å²) < 4.78 is 15.9. The van der Waals surface area contributed by atoms with Crippen LogP contribution in [0.2, 0.25) is 0 Å². The van der Waals surface area contributed by atoms with E-state index in [4.69, 9.17) is 13.6 Å². The van der Waals surface area contributed by atoms with E-state index in [0.717, 1.165) is 0 Å². The molecular formula is C9H21O3P. The highest BCUT2D eigenvalue weighted by Crippen LogP contribution is 2.39. The Hall–Kier alpha value is 0.310. The Bertz CT molecular complexity index is 105. The molecule has 0 heterocycles. The highest BCUT2D eigenvalue weighted by molar-refractivity contribution is 7.41. The van der Waals surface area contributed by atoms with Crippen LogP contribution in [0.4, 0.5) is 0 Å². The summed E-state index contributed by atoms with van der Waals surface area (Å²) in [5.74, 6) is 1.03. The molecule has 0 aromatic rings. The lowest BCUT2D eigenvalue weighted by atomic mass is 10.2. The van der Waals surface area contributed by atoms with Crippen LogP contribution in [0, 0.1) is 11.8 Å². The first-order valence-corrected chi connectivity index (χ1v) is 5.75. The molecular weight excluding hydrogens is 187 g/mol. The fraction of sp³-hybridized carbons (Fsp3) is 1.00. The lowest BCUT2D eigenvalue weighted by molar-refractivity contribution is 0.154. The van der Waals surface area contributed by atoms with Crippen molar-refractivity contribution in [2.24, 2.45) is 11.8 Å². The molecule has 0 aromatic carbocycles. The van der Waals surface area contributed by atoms with E-state index in [1.807, 2.05) is 0 Å². The molecule has 0 bridgehead atoms. The molecule has 0 aliphatic heterocycles. The van der Waals surface area contributed by atoms with E-state index in [0.29, 0.717) is 25.0 Å². The molecule has 3 nitrogen and oxygen atoms in total. The van der Waals surface area contributed by atoms with E-state index in [1.54, 1.807) is 7.11 Å². The van der Waals surface area contributed by atoms with Gasteiger partial charge < -0.3 is 13.6 Å². The van der Waals surface area contributed by atoms with E-state index < -0.39 is 8.60 Å². The third-order valence-corrected chi connectivity index (χ3v) is 2.19. The van der Waals surface area contributed by atoms with Gasteiger partial charge in [0.1, 0.15) is 0 Å². The molecule has 4 heteroatoms. The van der Waals surface area contributed by atoms with Crippen LogP contribution in [-0.4, -0.2) is 20.3 Å². The van der Waals surface area contributed by atoms with Gasteiger partial charge in [0.15, 0.2) is 0 Å². The zero-order valence-corrected chi connectivity index (χ0v) is 10.1. The monoisotopic (exact) mass is 208 g/mol. The smallest absolute Gasteiger partial charge is 0.316 e. The van der Waals surface area contributed by atoms with Gasteiger partial charge in [0.25, 0.3) is 0 Å². The summed E-state index contributed by atoms with van der Waals surface area (Å²) in [6.45, 7) is 9.80. The van der Waals surface area contributed by atoms with Crippen molar-refractivity contribution < 1.29 is 13.6 Å². The highest BCUT2D eigenvalue weighted by atomic mass is 31.2. The Balaban J connectivity index is 3.51. The van der Waals surface area contributed by atoms with Crippen molar-refractivity contribution in [1.29, 1.82) is 0 Å². The second-order valence-electron chi connectivity index (χ2n) is 3.79. The largest absolute Gasteiger partial charge is 0.332 e. The molecule has 0 aliphatic rings. The summed E-state index contributed by atoms with van der Waals surface area (Å²) in [5, 5.41) is 0. The van der Waals surface area contributed by atoms with Crippen LogP contribution in [0.25, 0.3) is 0 Å². The molecule has 0 aromatic heterocycles. The summed E-state index contributed by atoms with van der Waals surface area (Å²) in [5.41, 5.74) is 0. The first-order chi connectivity index (χ1) is 6.06. The molecule has 0 N–H and O–H groups in total. The first-order valence-electron chi connectivity index (χ1n) is 4.66. The van der Waals surface area contributed by atoms with E-state index in [9.17, 15) is 0 Å². The number of rotatable bonds is 7. The van der Waals surface area contributed by atoms with Crippen molar-refractivity contribution in [2.45, 2.75) is 27.7 Å². The van der Waals surface area contributed by atoms with Crippen LogP contribution >= 0.6 is 8.60 Å². The summed E-state index contributed by atoms with van der Waals surface area (Å²) in [6, 6.07) is 0. The molecule has 0 amide bonds. The van der Waals surface area contributed by atoms with Gasteiger partial charge >= 0.3 is 8.60 Å². The Kier molecular flexibility index (Phi) is 7.87. The summed E-state index contributed by atoms with van der Waals surface area (Å²) in [4.78, 5) is 0. The van der Waals surface area contributed by atoms with Gasteiger partial charge in [-0.15, -0.1) is 0 Å². The van der Waals surface area contributed by atoms with E-state index >= 15 is 0 Å². The average molecular weight is 208 g/mol. The summed E-state index contributed by atoms with van der Waals surface area (Å²) in [7, 11) is 0.494. The maximum absolute atomic E-state index is 5.42. The zero-order chi connectivity index (χ0) is 10.3. The third-order valence-electron chi connectivity index (χ3n) is 1.18. The molecule has 0 unspecified atom stereocenters. The van der Waals surface area contributed by atoms with Gasteiger partial charge in [0.2, 0.25) is 0 Å². The zero-order valence-electron chi connectivity index (χ0n) is 9.24.